The number of fused-ring (bicyclic) bond motifs is 1. The summed E-state index contributed by atoms with van der Waals surface area (Å²) in [5, 5.41) is 8.88. The average Bonchev–Trinajstić information content (AvgIpc) is 2.62. The Balaban J connectivity index is 2.56. The summed E-state index contributed by atoms with van der Waals surface area (Å²) < 4.78 is 0.965. The maximum absolute atomic E-state index is 8.88. The molecule has 0 aliphatic heterocycles. The summed E-state index contributed by atoms with van der Waals surface area (Å²) in [6.45, 7) is -0.121. The number of aliphatic hydroxyl groups excluding tert-OH is 1. The van der Waals surface area contributed by atoms with Gasteiger partial charge in [0.05, 0.1) is 27.9 Å². The first-order valence-corrected chi connectivity index (χ1v) is 5.16. The number of aromatic nitrogens is 3. The van der Waals surface area contributed by atoms with Crippen molar-refractivity contribution in [2.45, 2.75) is 6.04 Å². The van der Waals surface area contributed by atoms with Gasteiger partial charge in [-0.05, 0) is 22.6 Å². The number of pyridine rings is 1. The number of H-pyrrole nitrogens is 1. The van der Waals surface area contributed by atoms with Gasteiger partial charge >= 0.3 is 0 Å². The van der Waals surface area contributed by atoms with Gasteiger partial charge in [-0.2, -0.15) is 0 Å². The summed E-state index contributed by atoms with van der Waals surface area (Å²) in [5.74, 6) is 0.591. The molecule has 2 aromatic rings. The molecule has 2 rings (SSSR count). The number of hydrogen-bond donors (Lipinski definition) is 3. The van der Waals surface area contributed by atoms with Crippen LogP contribution in [-0.2, 0) is 0 Å². The van der Waals surface area contributed by atoms with Gasteiger partial charge < -0.3 is 15.8 Å². The molecule has 0 aliphatic carbocycles. The van der Waals surface area contributed by atoms with Crippen molar-refractivity contribution in [1.82, 2.24) is 15.0 Å². The third-order valence-corrected chi connectivity index (χ3v) is 2.71. The summed E-state index contributed by atoms with van der Waals surface area (Å²) in [7, 11) is 0. The second kappa shape index (κ2) is 3.79. The molecular weight excluding hydrogens is 295 g/mol. The number of nitrogens with zero attached hydrogens (tertiary/aromatic N) is 2. The second-order valence-electron chi connectivity index (χ2n) is 2.93. The van der Waals surface area contributed by atoms with Crippen molar-refractivity contribution in [3.8, 4) is 0 Å². The highest BCUT2D eigenvalue weighted by Gasteiger charge is 2.11. The summed E-state index contributed by atoms with van der Waals surface area (Å²) in [4.78, 5) is 11.3. The lowest BCUT2D eigenvalue weighted by atomic mass is 10.3. The molecule has 2 heterocycles. The van der Waals surface area contributed by atoms with E-state index in [2.05, 4.69) is 37.5 Å². The topological polar surface area (TPSA) is 87.8 Å². The molecule has 1 unspecified atom stereocenters. The Kier molecular flexibility index (Phi) is 2.66. The molecule has 74 valence electrons. The largest absolute Gasteiger partial charge is 0.394 e. The fourth-order valence-electron chi connectivity index (χ4n) is 1.18. The molecule has 0 saturated carbocycles. The standard InChI is InChI=1S/C8H9IN4O/c9-4-1-11-2-6-7(4)13-8(12-6)5(10)3-14/h1-2,5,14H,3,10H2,(H,12,13). The minimum absolute atomic E-state index is 0.121. The Hall–Kier alpha value is -0.730. The lowest BCUT2D eigenvalue weighted by Gasteiger charge is -2.01. The number of rotatable bonds is 2. The van der Waals surface area contributed by atoms with Gasteiger partial charge in [0.25, 0.3) is 0 Å². The molecule has 0 aliphatic rings. The normalized spacial score (nSPS) is 13.4. The van der Waals surface area contributed by atoms with Gasteiger partial charge in [0.2, 0.25) is 0 Å². The molecule has 0 aromatic carbocycles. The summed E-state index contributed by atoms with van der Waals surface area (Å²) in [6.07, 6.45) is 3.43. The summed E-state index contributed by atoms with van der Waals surface area (Å²) in [5.41, 5.74) is 7.33. The summed E-state index contributed by atoms with van der Waals surface area (Å²) in [6, 6.07) is -0.460. The molecule has 1 atom stereocenters. The zero-order valence-electron chi connectivity index (χ0n) is 7.24. The first kappa shape index (κ1) is 9.81. The van der Waals surface area contributed by atoms with Crippen LogP contribution in [0.2, 0.25) is 0 Å². The third kappa shape index (κ3) is 1.60. The number of aromatic amines is 1. The number of imidazole rings is 1. The zero-order chi connectivity index (χ0) is 10.1. The number of aliphatic hydroxyl groups is 1. The molecule has 6 heteroatoms. The van der Waals surface area contributed by atoms with E-state index in [1.54, 1.807) is 12.4 Å². The molecule has 5 nitrogen and oxygen atoms in total. The van der Waals surface area contributed by atoms with E-state index in [9.17, 15) is 0 Å². The minimum atomic E-state index is -0.460. The molecular formula is C8H9IN4O. The van der Waals surface area contributed by atoms with Crippen molar-refractivity contribution in [3.63, 3.8) is 0 Å². The van der Waals surface area contributed by atoms with Crippen molar-refractivity contribution in [2.24, 2.45) is 5.73 Å². The number of nitrogens with two attached hydrogens (primary N) is 1. The lowest BCUT2D eigenvalue weighted by molar-refractivity contribution is 0.264. The van der Waals surface area contributed by atoms with Crippen LogP contribution in [0.4, 0.5) is 0 Å². The van der Waals surface area contributed by atoms with Gasteiger partial charge in [0, 0.05) is 6.20 Å². The molecule has 0 bridgehead atoms. The van der Waals surface area contributed by atoms with Crippen molar-refractivity contribution < 1.29 is 5.11 Å². The van der Waals surface area contributed by atoms with Gasteiger partial charge in [0.15, 0.2) is 0 Å². The van der Waals surface area contributed by atoms with E-state index >= 15 is 0 Å². The van der Waals surface area contributed by atoms with Crippen molar-refractivity contribution in [1.29, 1.82) is 0 Å². The highest BCUT2D eigenvalue weighted by Crippen LogP contribution is 2.18. The predicted molar refractivity (Wildman–Crippen MR) is 60.6 cm³/mol. The lowest BCUT2D eigenvalue weighted by Crippen LogP contribution is -2.15. The van der Waals surface area contributed by atoms with Crippen LogP contribution in [0, 0.1) is 3.57 Å². The second-order valence-corrected chi connectivity index (χ2v) is 4.09. The van der Waals surface area contributed by atoms with E-state index in [1.165, 1.54) is 0 Å². The molecule has 4 N–H and O–H groups in total. The number of nitrogens with one attached hydrogen (secondary N) is 1. The number of hydrogen-bond acceptors (Lipinski definition) is 4. The van der Waals surface area contributed by atoms with Crippen LogP contribution < -0.4 is 5.73 Å². The average molecular weight is 304 g/mol. The maximum Gasteiger partial charge on any atom is 0.126 e. The van der Waals surface area contributed by atoms with E-state index in [-0.39, 0.29) is 6.61 Å². The first-order valence-electron chi connectivity index (χ1n) is 4.08. The molecule has 0 saturated heterocycles. The van der Waals surface area contributed by atoms with Gasteiger partial charge in [-0.1, -0.05) is 0 Å². The van der Waals surface area contributed by atoms with Crippen molar-refractivity contribution in [2.75, 3.05) is 6.61 Å². The van der Waals surface area contributed by atoms with Crippen LogP contribution in [-0.4, -0.2) is 26.7 Å². The van der Waals surface area contributed by atoms with Crippen LogP contribution in [0.15, 0.2) is 12.4 Å². The van der Waals surface area contributed by atoms with Crippen molar-refractivity contribution in [3.05, 3.63) is 21.8 Å². The fourth-order valence-corrected chi connectivity index (χ4v) is 1.75. The quantitative estimate of drug-likeness (QED) is 0.707. The highest BCUT2D eigenvalue weighted by molar-refractivity contribution is 14.1. The Labute approximate surface area is 93.9 Å². The van der Waals surface area contributed by atoms with E-state index in [0.29, 0.717) is 5.82 Å². The smallest absolute Gasteiger partial charge is 0.126 e. The van der Waals surface area contributed by atoms with Crippen LogP contribution in [0.1, 0.15) is 11.9 Å². The highest BCUT2D eigenvalue weighted by atomic mass is 127. The SMILES string of the molecule is NC(CO)c1nc2c(I)cncc2[nH]1. The van der Waals surface area contributed by atoms with E-state index in [4.69, 9.17) is 10.8 Å². The third-order valence-electron chi connectivity index (χ3n) is 1.92. The van der Waals surface area contributed by atoms with Gasteiger partial charge in [-0.15, -0.1) is 0 Å². The van der Waals surface area contributed by atoms with Gasteiger partial charge in [0.1, 0.15) is 11.3 Å². The molecule has 0 radical (unpaired) electrons. The van der Waals surface area contributed by atoms with Crippen LogP contribution >= 0.6 is 22.6 Å². The van der Waals surface area contributed by atoms with Gasteiger partial charge in [-0.3, -0.25) is 4.98 Å². The van der Waals surface area contributed by atoms with E-state index in [1.807, 2.05) is 0 Å². The fraction of sp³-hybridized carbons (Fsp3) is 0.250. The number of halogens is 1. The Bertz CT molecular complexity index is 456. The van der Waals surface area contributed by atoms with Crippen LogP contribution in [0.3, 0.4) is 0 Å². The Morgan fingerprint density at radius 1 is 1.57 bits per heavy atom. The molecule has 14 heavy (non-hydrogen) atoms. The first-order chi connectivity index (χ1) is 6.72. The monoisotopic (exact) mass is 304 g/mol. The van der Waals surface area contributed by atoms with Crippen molar-refractivity contribution >= 4 is 33.6 Å². The molecule has 0 fully saturated rings. The van der Waals surface area contributed by atoms with Crippen LogP contribution in [0.5, 0.6) is 0 Å². The minimum Gasteiger partial charge on any atom is -0.394 e. The molecule has 2 aromatic heterocycles. The zero-order valence-corrected chi connectivity index (χ0v) is 9.39. The Morgan fingerprint density at radius 3 is 3.00 bits per heavy atom. The molecule has 0 spiro atoms. The van der Waals surface area contributed by atoms with Gasteiger partial charge in [-0.25, -0.2) is 4.98 Å². The molecule has 0 amide bonds. The predicted octanol–water partition coefficient (Wildman–Crippen LogP) is 0.555. The Morgan fingerprint density at radius 2 is 2.36 bits per heavy atom. The van der Waals surface area contributed by atoms with Crippen LogP contribution in [0.25, 0.3) is 11.0 Å². The van der Waals surface area contributed by atoms with E-state index in [0.717, 1.165) is 14.6 Å². The summed E-state index contributed by atoms with van der Waals surface area (Å²) >= 11 is 2.16. The van der Waals surface area contributed by atoms with E-state index < -0.39 is 6.04 Å². The maximum atomic E-state index is 8.88.